The van der Waals surface area contributed by atoms with Crippen molar-refractivity contribution in [3.8, 4) is 74.1 Å². The summed E-state index contributed by atoms with van der Waals surface area (Å²) in [6.45, 7) is 5.86. The van der Waals surface area contributed by atoms with Crippen molar-refractivity contribution in [2.24, 2.45) is 0 Å². The zero-order valence-electron chi connectivity index (χ0n) is 21.5. The average molecular weight is 495 g/mol. The van der Waals surface area contributed by atoms with Crippen LogP contribution < -0.4 is 0 Å². The number of phosphoric acid groups is 1. The molecule has 0 radical (unpaired) electrons. The van der Waals surface area contributed by atoms with Gasteiger partial charge in [0.15, 0.2) is 0 Å². The summed E-state index contributed by atoms with van der Waals surface area (Å²) in [7, 11) is -4.42. The standard InChI is InChI=1S/C30H39O4P/c1-10-19-28(20-11-2,21-12-3)32-35(31,33-29(22-13-4,23-14-5)24-15-6)34-30(25-16-7,26-17-8)27-18-9/h1-2,4-5,7-8H,12,15,18-27H2,3,6,9H3. The van der Waals surface area contributed by atoms with Crippen LogP contribution in [-0.4, -0.2) is 16.8 Å². The lowest BCUT2D eigenvalue weighted by Crippen LogP contribution is -2.39. The van der Waals surface area contributed by atoms with Crippen molar-refractivity contribution in [3.05, 3.63) is 0 Å². The highest BCUT2D eigenvalue weighted by Crippen LogP contribution is 2.62. The van der Waals surface area contributed by atoms with Gasteiger partial charge in [-0.2, -0.15) is 0 Å². The topological polar surface area (TPSA) is 44.8 Å². The van der Waals surface area contributed by atoms with Crippen molar-refractivity contribution in [2.75, 3.05) is 0 Å². The predicted molar refractivity (Wildman–Crippen MR) is 144 cm³/mol. The average Bonchev–Trinajstić information content (AvgIpc) is 2.75. The fourth-order valence-corrected chi connectivity index (χ4v) is 6.49. The van der Waals surface area contributed by atoms with Crippen LogP contribution in [0.3, 0.4) is 0 Å². The molecule has 35 heavy (non-hydrogen) atoms. The van der Waals surface area contributed by atoms with E-state index in [0.29, 0.717) is 38.5 Å². The minimum Gasteiger partial charge on any atom is -0.278 e. The Labute approximate surface area is 214 Å². The maximum Gasteiger partial charge on any atom is 0.476 e. The van der Waals surface area contributed by atoms with Gasteiger partial charge in [0.2, 0.25) is 0 Å². The molecule has 0 saturated carbocycles. The van der Waals surface area contributed by atoms with Crippen LogP contribution >= 0.6 is 7.82 Å². The van der Waals surface area contributed by atoms with E-state index in [1.54, 1.807) is 0 Å². The normalized spacial score (nSPS) is 11.8. The summed E-state index contributed by atoms with van der Waals surface area (Å²) in [6, 6.07) is 0. The molecule has 0 amide bonds. The van der Waals surface area contributed by atoms with Crippen LogP contribution in [0.4, 0.5) is 0 Å². The van der Waals surface area contributed by atoms with Crippen molar-refractivity contribution >= 4 is 7.82 Å². The van der Waals surface area contributed by atoms with Crippen LogP contribution in [-0.2, 0) is 18.1 Å². The Morgan fingerprint density at radius 2 is 0.714 bits per heavy atom. The number of terminal acetylenes is 6. The van der Waals surface area contributed by atoms with Crippen molar-refractivity contribution < 1.29 is 18.1 Å². The first kappa shape index (κ1) is 32.5. The van der Waals surface area contributed by atoms with E-state index in [-0.39, 0.29) is 38.5 Å². The third-order valence-electron chi connectivity index (χ3n) is 5.58. The SMILES string of the molecule is C#CCC(CC#C)(CCC)OP(=O)(OC(CC#C)(CC#C)CCC)OC(CC#C)(CC#C)CCC. The van der Waals surface area contributed by atoms with Gasteiger partial charge in [-0.15, -0.1) is 74.1 Å². The molecule has 0 aliphatic heterocycles. The van der Waals surface area contributed by atoms with Crippen LogP contribution in [0, 0.1) is 74.1 Å². The Morgan fingerprint density at radius 1 is 0.514 bits per heavy atom. The van der Waals surface area contributed by atoms with E-state index >= 15 is 0 Å². The molecule has 0 saturated heterocycles. The molecule has 0 aromatic heterocycles. The van der Waals surface area contributed by atoms with E-state index in [2.05, 4.69) is 35.5 Å². The molecule has 0 bridgehead atoms. The van der Waals surface area contributed by atoms with Gasteiger partial charge in [0, 0.05) is 38.5 Å². The smallest absolute Gasteiger partial charge is 0.278 e. The molecule has 0 spiro atoms. The first-order valence-corrected chi connectivity index (χ1v) is 13.5. The van der Waals surface area contributed by atoms with E-state index in [9.17, 15) is 4.57 Å². The van der Waals surface area contributed by atoms with E-state index in [1.807, 2.05) is 20.8 Å². The minimum atomic E-state index is -4.42. The monoisotopic (exact) mass is 494 g/mol. The van der Waals surface area contributed by atoms with Gasteiger partial charge in [0.05, 0.1) is 0 Å². The lowest BCUT2D eigenvalue weighted by Gasteiger charge is -2.42. The molecule has 0 aromatic carbocycles. The molecule has 5 heteroatoms. The second-order valence-corrected chi connectivity index (χ2v) is 10.2. The van der Waals surface area contributed by atoms with Crippen molar-refractivity contribution in [2.45, 2.75) is 115 Å². The Bertz CT molecular complexity index is 780. The van der Waals surface area contributed by atoms with Gasteiger partial charge in [-0.25, -0.2) is 4.57 Å². The molecule has 0 heterocycles. The van der Waals surface area contributed by atoms with E-state index < -0.39 is 24.6 Å². The summed E-state index contributed by atoms with van der Waals surface area (Å²) >= 11 is 0. The van der Waals surface area contributed by atoms with E-state index in [0.717, 1.165) is 0 Å². The van der Waals surface area contributed by atoms with Gasteiger partial charge in [-0.1, -0.05) is 40.0 Å². The Balaban J connectivity index is 6.97. The fraction of sp³-hybridized carbons (Fsp3) is 0.600. The van der Waals surface area contributed by atoms with E-state index in [1.165, 1.54) is 0 Å². The number of hydrogen-bond donors (Lipinski definition) is 0. The maximum absolute atomic E-state index is 14.7. The molecule has 0 aliphatic rings. The van der Waals surface area contributed by atoms with Gasteiger partial charge in [-0.3, -0.25) is 13.6 Å². The third kappa shape index (κ3) is 10.3. The molecular weight excluding hydrogens is 455 g/mol. The van der Waals surface area contributed by atoms with Crippen molar-refractivity contribution in [1.29, 1.82) is 0 Å². The summed E-state index contributed by atoms with van der Waals surface area (Å²) in [4.78, 5) is 0. The van der Waals surface area contributed by atoms with Gasteiger partial charge in [0.1, 0.15) is 16.8 Å². The van der Waals surface area contributed by atoms with Crippen LogP contribution in [0.15, 0.2) is 0 Å². The zero-order chi connectivity index (χ0) is 26.8. The summed E-state index contributed by atoms with van der Waals surface area (Å²) in [5, 5.41) is 0. The van der Waals surface area contributed by atoms with Crippen molar-refractivity contribution in [1.82, 2.24) is 0 Å². The Kier molecular flexibility index (Phi) is 15.0. The molecule has 0 atom stereocenters. The second kappa shape index (κ2) is 16.2. The summed E-state index contributed by atoms with van der Waals surface area (Å²) in [6.07, 6.45) is 37.9. The number of phosphoric ester groups is 1. The van der Waals surface area contributed by atoms with Crippen LogP contribution in [0.25, 0.3) is 0 Å². The summed E-state index contributed by atoms with van der Waals surface area (Å²) in [5.74, 6) is 15.6. The lowest BCUT2D eigenvalue weighted by atomic mass is 9.91. The van der Waals surface area contributed by atoms with Crippen LogP contribution in [0.5, 0.6) is 0 Å². The molecule has 0 aromatic rings. The highest BCUT2D eigenvalue weighted by molar-refractivity contribution is 7.48. The summed E-state index contributed by atoms with van der Waals surface area (Å²) < 4.78 is 33.5. The number of rotatable bonds is 18. The largest absolute Gasteiger partial charge is 0.476 e. The van der Waals surface area contributed by atoms with Crippen molar-refractivity contribution in [3.63, 3.8) is 0 Å². The molecule has 0 unspecified atom stereocenters. The molecule has 0 fully saturated rings. The third-order valence-corrected chi connectivity index (χ3v) is 7.41. The quantitative estimate of drug-likeness (QED) is 0.154. The molecule has 4 nitrogen and oxygen atoms in total. The second-order valence-electron chi connectivity index (χ2n) is 8.81. The zero-order valence-corrected chi connectivity index (χ0v) is 22.4. The molecule has 0 aliphatic carbocycles. The molecule has 0 rings (SSSR count). The molecule has 0 N–H and O–H groups in total. The minimum absolute atomic E-state index is 0.109. The fourth-order valence-electron chi connectivity index (χ4n) is 4.30. The van der Waals surface area contributed by atoms with E-state index in [4.69, 9.17) is 52.1 Å². The maximum atomic E-state index is 14.7. The Hall–Kier alpha value is -2.53. The van der Waals surface area contributed by atoms with Gasteiger partial charge >= 0.3 is 7.82 Å². The Morgan fingerprint density at radius 3 is 0.857 bits per heavy atom. The number of hydrogen-bond acceptors (Lipinski definition) is 4. The predicted octanol–water partition coefficient (Wildman–Crippen LogP) is 6.90. The van der Waals surface area contributed by atoms with Crippen LogP contribution in [0.2, 0.25) is 0 Å². The first-order chi connectivity index (χ1) is 16.7. The van der Waals surface area contributed by atoms with Gasteiger partial charge in [-0.05, 0) is 19.3 Å². The molecular formula is C30H39O4P. The first-order valence-electron chi connectivity index (χ1n) is 12.0. The van der Waals surface area contributed by atoms with Gasteiger partial charge in [0.25, 0.3) is 0 Å². The summed E-state index contributed by atoms with van der Waals surface area (Å²) in [5.41, 5.74) is -3.41. The van der Waals surface area contributed by atoms with Gasteiger partial charge < -0.3 is 0 Å². The lowest BCUT2D eigenvalue weighted by molar-refractivity contribution is -0.0684. The highest BCUT2D eigenvalue weighted by atomic mass is 31.2. The highest BCUT2D eigenvalue weighted by Gasteiger charge is 2.50. The van der Waals surface area contributed by atoms with Crippen LogP contribution in [0.1, 0.15) is 97.8 Å². The molecule has 188 valence electrons.